The van der Waals surface area contributed by atoms with Crippen molar-refractivity contribution in [3.8, 4) is 0 Å². The molecule has 3 amide bonds. The van der Waals surface area contributed by atoms with Crippen molar-refractivity contribution < 1.29 is 72.6 Å². The molecule has 0 rings (SSSR count). The minimum Gasteiger partial charge on any atom is -0.549 e. The van der Waals surface area contributed by atoms with Gasteiger partial charge in [-0.05, 0) is 32.6 Å². The third kappa shape index (κ3) is 20.2. The SMILES string of the molecule is C=C(C)CCCNC(=O)CCCCCNC(=O)NCCO[NH-].[Rb+]. The van der Waals surface area contributed by atoms with Gasteiger partial charge in [-0.3, -0.25) is 4.79 Å². The summed E-state index contributed by atoms with van der Waals surface area (Å²) in [6, 6.07) is -0.257. The maximum atomic E-state index is 11.5. The molecule has 0 fully saturated rings. The number of urea groups is 1. The summed E-state index contributed by atoms with van der Waals surface area (Å²) in [5.41, 5.74) is 1.14. The van der Waals surface area contributed by atoms with Crippen molar-refractivity contribution in [2.75, 3.05) is 26.2 Å². The van der Waals surface area contributed by atoms with Gasteiger partial charge in [-0.25, -0.2) is 4.79 Å². The topological polar surface area (TPSA) is 103 Å². The van der Waals surface area contributed by atoms with Crippen molar-refractivity contribution in [2.24, 2.45) is 0 Å². The molecule has 23 heavy (non-hydrogen) atoms. The Morgan fingerprint density at radius 3 is 2.26 bits per heavy atom. The molecule has 0 aliphatic heterocycles. The van der Waals surface area contributed by atoms with Gasteiger partial charge in [0.2, 0.25) is 5.91 Å². The second-order valence-corrected chi connectivity index (χ2v) is 5.25. The van der Waals surface area contributed by atoms with Crippen LogP contribution in [-0.4, -0.2) is 38.2 Å². The van der Waals surface area contributed by atoms with Crippen molar-refractivity contribution in [1.82, 2.24) is 16.0 Å². The van der Waals surface area contributed by atoms with Crippen LogP contribution >= 0.6 is 0 Å². The normalized spacial score (nSPS) is 9.65. The van der Waals surface area contributed by atoms with Crippen LogP contribution in [0.4, 0.5) is 4.79 Å². The Kier molecular flexibility index (Phi) is 20.5. The summed E-state index contributed by atoms with van der Waals surface area (Å²) in [6.45, 7) is 7.58. The smallest absolute Gasteiger partial charge is 0.549 e. The van der Waals surface area contributed by atoms with Crippen LogP contribution in [0, 0.1) is 0 Å². The number of carbonyl (C=O) groups excluding carboxylic acids is 2. The average molecular weight is 399 g/mol. The molecule has 0 unspecified atom stereocenters. The fraction of sp³-hybridized carbons (Fsp3) is 0.733. The molecule has 0 spiro atoms. The Morgan fingerprint density at radius 1 is 0.957 bits per heavy atom. The van der Waals surface area contributed by atoms with Gasteiger partial charge in [0, 0.05) is 32.7 Å². The molecule has 0 radical (unpaired) electrons. The number of nitrogens with one attached hydrogen (secondary N) is 4. The van der Waals surface area contributed by atoms with E-state index in [1.165, 1.54) is 0 Å². The molecule has 0 heterocycles. The van der Waals surface area contributed by atoms with E-state index < -0.39 is 0 Å². The van der Waals surface area contributed by atoms with Crippen molar-refractivity contribution in [3.05, 3.63) is 18.0 Å². The molecular weight excluding hydrogens is 370 g/mol. The van der Waals surface area contributed by atoms with E-state index in [0.717, 1.165) is 37.7 Å². The average Bonchev–Trinajstić information content (AvgIpc) is 2.47. The zero-order valence-corrected chi connectivity index (χ0v) is 19.4. The minimum atomic E-state index is -0.257. The van der Waals surface area contributed by atoms with Crippen LogP contribution in [0.3, 0.4) is 0 Å². The molecule has 0 aromatic carbocycles. The first-order chi connectivity index (χ1) is 10.6. The second kappa shape index (κ2) is 18.5. The summed E-state index contributed by atoms with van der Waals surface area (Å²) in [5.74, 6) is 6.55. The molecule has 0 bridgehead atoms. The second-order valence-electron chi connectivity index (χ2n) is 5.25. The quantitative estimate of drug-likeness (QED) is 0.217. The molecule has 7 nitrogen and oxygen atoms in total. The molecule has 0 atom stereocenters. The number of carbonyl (C=O) groups is 2. The minimum absolute atomic E-state index is 0. The van der Waals surface area contributed by atoms with E-state index in [0.29, 0.717) is 26.1 Å². The van der Waals surface area contributed by atoms with Crippen molar-refractivity contribution in [1.29, 1.82) is 0 Å². The van der Waals surface area contributed by atoms with Gasteiger partial charge in [0.15, 0.2) is 0 Å². The van der Waals surface area contributed by atoms with E-state index >= 15 is 0 Å². The standard InChI is InChI=1S/C15H29N4O3.Rb/c1-13(2)7-6-10-17-14(20)8-4-3-5-9-18-15(21)19-11-12-22-16;/h16H,1,3-12H2,2H3,(H,17,20)(H2,18,19,21);/q-1;+1. The van der Waals surface area contributed by atoms with Crippen molar-refractivity contribution >= 4 is 11.9 Å². The molecule has 4 N–H and O–H groups in total. The van der Waals surface area contributed by atoms with Crippen molar-refractivity contribution in [2.45, 2.75) is 45.4 Å². The molecule has 8 heteroatoms. The molecule has 0 saturated carbocycles. The summed E-state index contributed by atoms with van der Waals surface area (Å²) >= 11 is 0. The first kappa shape index (κ1) is 25.4. The Balaban J connectivity index is 0. The predicted molar refractivity (Wildman–Crippen MR) is 87.2 cm³/mol. The Bertz CT molecular complexity index is 341. The largest absolute Gasteiger partial charge is 1.00 e. The third-order valence-corrected chi connectivity index (χ3v) is 2.96. The van der Waals surface area contributed by atoms with E-state index in [9.17, 15) is 9.59 Å². The summed E-state index contributed by atoms with van der Waals surface area (Å²) in [6.07, 6.45) is 4.97. The van der Waals surface area contributed by atoms with Crippen LogP contribution in [0.15, 0.2) is 12.2 Å². The maximum absolute atomic E-state index is 11.5. The molecule has 0 saturated heterocycles. The van der Waals surface area contributed by atoms with E-state index in [1.54, 1.807) is 0 Å². The van der Waals surface area contributed by atoms with Gasteiger partial charge in [0.25, 0.3) is 0 Å². The van der Waals surface area contributed by atoms with Gasteiger partial charge in [-0.1, -0.05) is 12.0 Å². The van der Waals surface area contributed by atoms with E-state index in [4.69, 9.17) is 5.90 Å². The number of hydrogen-bond acceptors (Lipinski definition) is 3. The van der Waals surface area contributed by atoms with Crippen LogP contribution in [-0.2, 0) is 9.63 Å². The van der Waals surface area contributed by atoms with Gasteiger partial charge < -0.3 is 26.7 Å². The number of allylic oxidation sites excluding steroid dienone is 1. The Hall–Kier alpha value is 0.205. The zero-order chi connectivity index (χ0) is 16.6. The molecule has 0 aromatic rings. The monoisotopic (exact) mass is 398 g/mol. The van der Waals surface area contributed by atoms with E-state index in [2.05, 4.69) is 27.4 Å². The molecule has 0 aromatic heterocycles. The maximum Gasteiger partial charge on any atom is 1.00 e. The number of amides is 3. The Labute approximate surface area is 188 Å². The van der Waals surface area contributed by atoms with Crippen LogP contribution in [0.2, 0.25) is 0 Å². The van der Waals surface area contributed by atoms with E-state index in [1.807, 2.05) is 6.92 Å². The number of rotatable bonds is 13. The van der Waals surface area contributed by atoms with Crippen LogP contribution in [0.1, 0.15) is 45.4 Å². The first-order valence-corrected chi connectivity index (χ1v) is 7.77. The number of unbranched alkanes of at least 4 members (excludes halogenated alkanes) is 2. The fourth-order valence-electron chi connectivity index (χ4n) is 1.77. The number of hydrogen-bond donors (Lipinski definition) is 3. The van der Waals surface area contributed by atoms with E-state index in [-0.39, 0.29) is 76.7 Å². The zero-order valence-electron chi connectivity index (χ0n) is 14.5. The van der Waals surface area contributed by atoms with Gasteiger partial charge in [0.1, 0.15) is 0 Å². The van der Waals surface area contributed by atoms with Crippen LogP contribution < -0.4 is 74.1 Å². The van der Waals surface area contributed by atoms with Gasteiger partial charge in [0.05, 0.1) is 0 Å². The Morgan fingerprint density at radius 2 is 1.61 bits per heavy atom. The van der Waals surface area contributed by atoms with Crippen LogP contribution in [0.5, 0.6) is 0 Å². The summed E-state index contributed by atoms with van der Waals surface area (Å²) in [7, 11) is 0. The third-order valence-electron chi connectivity index (χ3n) is 2.96. The summed E-state index contributed by atoms with van der Waals surface area (Å²) in [4.78, 5) is 26.9. The van der Waals surface area contributed by atoms with Gasteiger partial charge in [-0.15, -0.1) is 6.58 Å². The predicted octanol–water partition coefficient (Wildman–Crippen LogP) is -0.694. The van der Waals surface area contributed by atoms with Gasteiger partial charge in [-0.2, -0.15) is 0 Å². The molecular formula is C15H29N4O3Rb. The van der Waals surface area contributed by atoms with Gasteiger partial charge >= 0.3 is 64.2 Å². The molecule has 128 valence electrons. The van der Waals surface area contributed by atoms with Crippen molar-refractivity contribution in [3.63, 3.8) is 0 Å². The van der Waals surface area contributed by atoms with Crippen LogP contribution in [0.25, 0.3) is 5.90 Å². The fourth-order valence-corrected chi connectivity index (χ4v) is 1.77. The molecule has 0 aliphatic rings. The summed E-state index contributed by atoms with van der Waals surface area (Å²) < 4.78 is 0. The molecule has 0 aliphatic carbocycles. The summed E-state index contributed by atoms with van der Waals surface area (Å²) in [5, 5.41) is 8.16. The first-order valence-electron chi connectivity index (χ1n) is 7.77.